The Hall–Kier alpha value is -1.10. The number of ether oxygens (including phenoxy) is 1. The molecule has 0 bridgehead atoms. The van der Waals surface area contributed by atoms with Crippen LogP contribution in [0.5, 0.6) is 0 Å². The van der Waals surface area contributed by atoms with Crippen molar-refractivity contribution in [1.29, 1.82) is 0 Å². The lowest BCUT2D eigenvalue weighted by Gasteiger charge is -2.15. The van der Waals surface area contributed by atoms with Gasteiger partial charge in [0.05, 0.1) is 7.11 Å². The summed E-state index contributed by atoms with van der Waals surface area (Å²) >= 11 is 0. The Kier molecular flexibility index (Phi) is 5.88. The number of carbonyl (C=O) groups excluding carboxylic acids is 2. The first-order chi connectivity index (χ1) is 6.11. The molecule has 0 radical (unpaired) electrons. The third-order valence-electron chi connectivity index (χ3n) is 1.65. The Bertz CT molecular complexity index is 182. The van der Waals surface area contributed by atoms with Gasteiger partial charge in [-0.15, -0.1) is 0 Å². The fraction of sp³-hybridized carbons (Fsp3) is 0.750. The van der Waals surface area contributed by atoms with E-state index in [9.17, 15) is 9.59 Å². The predicted octanol–water partition coefficient (Wildman–Crippen LogP) is -0.643. The Labute approximate surface area is 77.8 Å². The fourth-order valence-electron chi connectivity index (χ4n) is 0.784. The summed E-state index contributed by atoms with van der Waals surface area (Å²) < 4.78 is 4.36. The van der Waals surface area contributed by atoms with E-state index in [1.54, 1.807) is 7.05 Å². The van der Waals surface area contributed by atoms with Gasteiger partial charge in [-0.25, -0.2) is 0 Å². The van der Waals surface area contributed by atoms with Gasteiger partial charge in [0.2, 0.25) is 5.91 Å². The summed E-state index contributed by atoms with van der Waals surface area (Å²) in [7, 11) is 2.90. The molecule has 0 aromatic rings. The Balaban J connectivity index is 3.75. The second kappa shape index (κ2) is 6.42. The average Bonchev–Trinajstić information content (AvgIpc) is 2.13. The number of esters is 1. The maximum absolute atomic E-state index is 11.2. The van der Waals surface area contributed by atoms with Crippen LogP contribution in [0.4, 0.5) is 0 Å². The molecule has 76 valence electrons. The van der Waals surface area contributed by atoms with E-state index in [-0.39, 0.29) is 12.3 Å². The van der Waals surface area contributed by atoms with Gasteiger partial charge >= 0.3 is 5.97 Å². The van der Waals surface area contributed by atoms with Crippen LogP contribution in [-0.2, 0) is 14.3 Å². The van der Waals surface area contributed by atoms with Gasteiger partial charge in [-0.2, -0.15) is 0 Å². The molecule has 0 aliphatic rings. The summed E-state index contributed by atoms with van der Waals surface area (Å²) in [6, 6.07) is 0. The highest BCUT2D eigenvalue weighted by Gasteiger charge is 2.13. The topological polar surface area (TPSA) is 72.6 Å². The van der Waals surface area contributed by atoms with E-state index in [1.807, 2.05) is 0 Å². The van der Waals surface area contributed by atoms with Crippen LogP contribution in [0.2, 0.25) is 0 Å². The highest BCUT2D eigenvalue weighted by Crippen LogP contribution is 1.93. The summed E-state index contributed by atoms with van der Waals surface area (Å²) in [5.41, 5.74) is 5.27. The molecule has 0 rings (SSSR count). The molecule has 0 fully saturated rings. The van der Waals surface area contributed by atoms with Gasteiger partial charge < -0.3 is 15.4 Å². The van der Waals surface area contributed by atoms with Crippen LogP contribution in [0.1, 0.15) is 12.8 Å². The number of hydrogen-bond donors (Lipinski definition) is 1. The predicted molar refractivity (Wildman–Crippen MR) is 47.9 cm³/mol. The van der Waals surface area contributed by atoms with Gasteiger partial charge in [-0.3, -0.25) is 9.59 Å². The molecule has 0 saturated carbocycles. The number of methoxy groups -OCH3 is 1. The minimum atomic E-state index is -0.510. The van der Waals surface area contributed by atoms with Gasteiger partial charge in [0.25, 0.3) is 0 Å². The van der Waals surface area contributed by atoms with Crippen molar-refractivity contribution in [2.24, 2.45) is 5.73 Å². The molecule has 0 aliphatic carbocycles. The lowest BCUT2D eigenvalue weighted by atomic mass is 10.3. The molecular weight excluding hydrogens is 172 g/mol. The van der Waals surface area contributed by atoms with Gasteiger partial charge in [0.15, 0.2) is 0 Å². The zero-order valence-electron chi connectivity index (χ0n) is 8.08. The molecule has 1 amide bonds. The molecule has 0 atom stereocenters. The SMILES string of the molecule is COC(=O)CC(=O)N(C)CCCN. The van der Waals surface area contributed by atoms with Gasteiger partial charge in [-0.05, 0) is 13.0 Å². The van der Waals surface area contributed by atoms with Gasteiger partial charge in [0.1, 0.15) is 6.42 Å². The van der Waals surface area contributed by atoms with Crippen LogP contribution >= 0.6 is 0 Å². The summed E-state index contributed by atoms with van der Waals surface area (Å²) in [4.78, 5) is 23.4. The van der Waals surface area contributed by atoms with Crippen molar-refractivity contribution in [3.8, 4) is 0 Å². The van der Waals surface area contributed by atoms with E-state index >= 15 is 0 Å². The van der Waals surface area contributed by atoms with Crippen molar-refractivity contribution in [2.75, 3.05) is 27.2 Å². The summed E-state index contributed by atoms with van der Waals surface area (Å²) in [5, 5.41) is 0. The van der Waals surface area contributed by atoms with Crippen molar-refractivity contribution < 1.29 is 14.3 Å². The molecule has 5 nitrogen and oxygen atoms in total. The van der Waals surface area contributed by atoms with E-state index in [2.05, 4.69) is 4.74 Å². The van der Waals surface area contributed by atoms with E-state index in [1.165, 1.54) is 12.0 Å². The smallest absolute Gasteiger partial charge is 0.315 e. The molecule has 13 heavy (non-hydrogen) atoms. The largest absolute Gasteiger partial charge is 0.469 e. The van der Waals surface area contributed by atoms with Crippen LogP contribution in [-0.4, -0.2) is 44.0 Å². The maximum Gasteiger partial charge on any atom is 0.315 e. The van der Waals surface area contributed by atoms with Crippen molar-refractivity contribution in [3.05, 3.63) is 0 Å². The Morgan fingerprint density at radius 3 is 2.54 bits per heavy atom. The number of nitrogens with zero attached hydrogens (tertiary/aromatic N) is 1. The first kappa shape index (κ1) is 11.9. The van der Waals surface area contributed by atoms with Crippen LogP contribution in [0, 0.1) is 0 Å². The van der Waals surface area contributed by atoms with E-state index in [0.29, 0.717) is 13.1 Å². The van der Waals surface area contributed by atoms with Gasteiger partial charge in [-0.1, -0.05) is 0 Å². The normalized spacial score (nSPS) is 9.46. The minimum absolute atomic E-state index is 0.197. The second-order valence-corrected chi connectivity index (χ2v) is 2.71. The molecule has 0 aromatic carbocycles. The first-order valence-corrected chi connectivity index (χ1v) is 4.12. The number of nitrogens with two attached hydrogens (primary N) is 1. The zero-order valence-corrected chi connectivity index (χ0v) is 8.08. The zero-order chi connectivity index (χ0) is 10.3. The standard InChI is InChI=1S/C8H16N2O3/c1-10(5-3-4-9)7(11)6-8(12)13-2/h3-6,9H2,1-2H3. The average molecular weight is 188 g/mol. The highest BCUT2D eigenvalue weighted by atomic mass is 16.5. The highest BCUT2D eigenvalue weighted by molar-refractivity contribution is 5.94. The van der Waals surface area contributed by atoms with Crippen molar-refractivity contribution in [3.63, 3.8) is 0 Å². The molecule has 2 N–H and O–H groups in total. The number of rotatable bonds is 5. The van der Waals surface area contributed by atoms with E-state index in [4.69, 9.17) is 5.73 Å². The lowest BCUT2D eigenvalue weighted by Crippen LogP contribution is -2.30. The number of carbonyl (C=O) groups is 2. The van der Waals surface area contributed by atoms with Crippen molar-refractivity contribution >= 4 is 11.9 Å². The molecular formula is C8H16N2O3. The molecule has 0 saturated heterocycles. The first-order valence-electron chi connectivity index (χ1n) is 4.12. The molecule has 0 aromatic heterocycles. The minimum Gasteiger partial charge on any atom is -0.469 e. The Morgan fingerprint density at radius 2 is 2.08 bits per heavy atom. The lowest BCUT2D eigenvalue weighted by molar-refractivity contribution is -0.146. The molecule has 0 unspecified atom stereocenters. The van der Waals surface area contributed by atoms with Gasteiger partial charge in [0, 0.05) is 13.6 Å². The number of amides is 1. The molecule has 0 spiro atoms. The third kappa shape index (κ3) is 5.19. The van der Waals surface area contributed by atoms with Crippen LogP contribution in [0.3, 0.4) is 0 Å². The molecule has 0 aliphatic heterocycles. The second-order valence-electron chi connectivity index (χ2n) is 2.71. The summed E-state index contributed by atoms with van der Waals surface area (Å²) in [6.45, 7) is 1.11. The van der Waals surface area contributed by atoms with Crippen molar-refractivity contribution in [1.82, 2.24) is 4.90 Å². The quantitative estimate of drug-likeness (QED) is 0.460. The fourth-order valence-corrected chi connectivity index (χ4v) is 0.784. The molecule has 5 heteroatoms. The van der Waals surface area contributed by atoms with Crippen LogP contribution < -0.4 is 5.73 Å². The summed E-state index contributed by atoms with van der Waals surface area (Å²) in [5.74, 6) is -0.745. The van der Waals surface area contributed by atoms with Crippen molar-refractivity contribution in [2.45, 2.75) is 12.8 Å². The summed E-state index contributed by atoms with van der Waals surface area (Å²) in [6.07, 6.45) is 0.543. The Morgan fingerprint density at radius 1 is 1.46 bits per heavy atom. The maximum atomic E-state index is 11.2. The number of hydrogen-bond acceptors (Lipinski definition) is 4. The third-order valence-corrected chi connectivity index (χ3v) is 1.65. The molecule has 0 heterocycles. The van der Waals surface area contributed by atoms with E-state index in [0.717, 1.165) is 6.42 Å². The monoisotopic (exact) mass is 188 g/mol. The van der Waals surface area contributed by atoms with Crippen LogP contribution in [0.15, 0.2) is 0 Å². The van der Waals surface area contributed by atoms with E-state index < -0.39 is 5.97 Å². The van der Waals surface area contributed by atoms with Crippen LogP contribution in [0.25, 0.3) is 0 Å².